The number of nitrogens with zero attached hydrogens (tertiary/aromatic N) is 3. The minimum absolute atomic E-state index is 0.0189. The van der Waals surface area contributed by atoms with Gasteiger partial charge in [-0.15, -0.1) is 0 Å². The molecule has 8 nitrogen and oxygen atoms in total. The molecule has 32 heavy (non-hydrogen) atoms. The molecule has 8 heteroatoms. The van der Waals surface area contributed by atoms with E-state index in [2.05, 4.69) is 20.5 Å². The van der Waals surface area contributed by atoms with E-state index in [9.17, 15) is 9.90 Å². The zero-order valence-electron chi connectivity index (χ0n) is 17.8. The topological polar surface area (TPSA) is 103 Å². The number of hydrogen-bond acceptors (Lipinski definition) is 5. The number of aromatic amines is 1. The van der Waals surface area contributed by atoms with Gasteiger partial charge in [-0.1, -0.05) is 24.3 Å². The molecule has 4 aromatic rings. The molecule has 0 atom stereocenters. The average molecular weight is 431 g/mol. The molecule has 2 aromatic heterocycles. The number of rotatable bonds is 8. The molecule has 4 rings (SSSR count). The first kappa shape index (κ1) is 21.3. The molecule has 0 saturated heterocycles. The van der Waals surface area contributed by atoms with E-state index < -0.39 is 0 Å². The molecule has 0 aliphatic carbocycles. The minimum Gasteiger partial charge on any atom is -0.497 e. The van der Waals surface area contributed by atoms with Crippen LogP contribution in [0.4, 0.5) is 10.5 Å². The zero-order chi connectivity index (χ0) is 22.3. The van der Waals surface area contributed by atoms with Gasteiger partial charge < -0.3 is 20.1 Å². The molecular weight excluding hydrogens is 406 g/mol. The Kier molecular flexibility index (Phi) is 6.62. The van der Waals surface area contributed by atoms with Crippen molar-refractivity contribution in [3.8, 4) is 16.9 Å². The lowest BCUT2D eigenvalue weighted by Gasteiger charge is -2.23. The highest BCUT2D eigenvalue weighted by Gasteiger charge is 2.15. The Hall–Kier alpha value is -3.91. The fraction of sp³-hybridized carbons (Fsp3) is 0.208. The molecule has 2 amide bonds. The highest BCUT2D eigenvalue weighted by molar-refractivity contribution is 5.93. The van der Waals surface area contributed by atoms with Crippen LogP contribution in [0.15, 0.2) is 67.0 Å². The highest BCUT2D eigenvalue weighted by Crippen LogP contribution is 2.27. The summed E-state index contributed by atoms with van der Waals surface area (Å²) in [5, 5.41) is 20.1. The molecule has 0 bridgehead atoms. The van der Waals surface area contributed by atoms with Crippen molar-refractivity contribution in [2.75, 3.05) is 25.6 Å². The second kappa shape index (κ2) is 9.93. The summed E-state index contributed by atoms with van der Waals surface area (Å²) in [5.41, 5.74) is 4.40. The van der Waals surface area contributed by atoms with E-state index in [1.807, 2.05) is 54.6 Å². The molecule has 2 heterocycles. The van der Waals surface area contributed by atoms with Gasteiger partial charge in [0.1, 0.15) is 5.75 Å². The van der Waals surface area contributed by atoms with Crippen LogP contribution in [0, 0.1) is 0 Å². The van der Waals surface area contributed by atoms with Crippen LogP contribution in [-0.4, -0.2) is 51.5 Å². The van der Waals surface area contributed by atoms with Gasteiger partial charge in [0.05, 0.1) is 13.3 Å². The number of amides is 2. The average Bonchev–Trinajstić information content (AvgIpc) is 3.31. The summed E-state index contributed by atoms with van der Waals surface area (Å²) >= 11 is 0. The monoisotopic (exact) mass is 431 g/mol. The van der Waals surface area contributed by atoms with Gasteiger partial charge in [-0.25, -0.2) is 9.78 Å². The van der Waals surface area contributed by atoms with Crippen LogP contribution in [0.3, 0.4) is 0 Å². The smallest absolute Gasteiger partial charge is 0.322 e. The van der Waals surface area contributed by atoms with Gasteiger partial charge >= 0.3 is 6.03 Å². The Morgan fingerprint density at radius 1 is 1.19 bits per heavy atom. The number of methoxy groups -OCH3 is 1. The summed E-state index contributed by atoms with van der Waals surface area (Å²) in [7, 11) is 1.61. The van der Waals surface area contributed by atoms with Gasteiger partial charge in [-0.05, 0) is 53.4 Å². The van der Waals surface area contributed by atoms with Crippen LogP contribution in [0.2, 0.25) is 0 Å². The number of aliphatic hydroxyl groups is 1. The third-order valence-corrected chi connectivity index (χ3v) is 5.18. The summed E-state index contributed by atoms with van der Waals surface area (Å²) in [4.78, 5) is 18.9. The maximum absolute atomic E-state index is 13.0. The van der Waals surface area contributed by atoms with Crippen molar-refractivity contribution >= 4 is 22.8 Å². The standard InChI is InChI=1S/C24H25N5O3/c1-32-20-5-2-4-17(14-20)16-29(12-3-13-30)24(31)27-19-8-6-18(7-9-19)21-10-11-25-23-22(21)15-26-28-23/h2,4-11,14-15,30H,3,12-13,16H2,1H3,(H,27,31)(H,25,26,28). The fourth-order valence-electron chi connectivity index (χ4n) is 3.54. The number of carbonyl (C=O) groups excluding carboxylic acids is 1. The van der Waals surface area contributed by atoms with Crippen LogP contribution in [-0.2, 0) is 6.54 Å². The zero-order valence-corrected chi connectivity index (χ0v) is 17.8. The maximum atomic E-state index is 13.0. The third-order valence-electron chi connectivity index (χ3n) is 5.18. The lowest BCUT2D eigenvalue weighted by molar-refractivity contribution is 0.199. The van der Waals surface area contributed by atoms with E-state index in [0.717, 1.165) is 33.5 Å². The number of carbonyl (C=O) groups is 1. The molecule has 0 aliphatic heterocycles. The van der Waals surface area contributed by atoms with Crippen LogP contribution in [0.25, 0.3) is 22.2 Å². The number of aliphatic hydroxyl groups excluding tert-OH is 1. The summed E-state index contributed by atoms with van der Waals surface area (Å²) in [6, 6.07) is 17.0. The van der Waals surface area contributed by atoms with Gasteiger partial charge in [0.15, 0.2) is 5.65 Å². The maximum Gasteiger partial charge on any atom is 0.322 e. The first-order chi connectivity index (χ1) is 15.7. The van der Waals surface area contributed by atoms with Crippen molar-refractivity contribution < 1.29 is 14.6 Å². The van der Waals surface area contributed by atoms with Crippen molar-refractivity contribution in [1.82, 2.24) is 20.1 Å². The van der Waals surface area contributed by atoms with Crippen LogP contribution in [0.1, 0.15) is 12.0 Å². The van der Waals surface area contributed by atoms with Gasteiger partial charge in [0, 0.05) is 37.0 Å². The lowest BCUT2D eigenvalue weighted by atomic mass is 10.0. The molecule has 0 saturated carbocycles. The third kappa shape index (κ3) is 4.87. The number of aromatic nitrogens is 3. The number of nitrogens with one attached hydrogen (secondary N) is 2. The van der Waals surface area contributed by atoms with Crippen LogP contribution < -0.4 is 10.1 Å². The first-order valence-corrected chi connectivity index (χ1v) is 10.4. The lowest BCUT2D eigenvalue weighted by Crippen LogP contribution is -2.35. The Morgan fingerprint density at radius 3 is 2.81 bits per heavy atom. The molecule has 0 aliphatic rings. The van der Waals surface area contributed by atoms with Crippen molar-refractivity contribution in [3.63, 3.8) is 0 Å². The van der Waals surface area contributed by atoms with E-state index in [1.54, 1.807) is 24.4 Å². The van der Waals surface area contributed by atoms with Gasteiger partial charge in [-0.2, -0.15) is 5.10 Å². The molecule has 0 spiro atoms. The second-order valence-electron chi connectivity index (χ2n) is 7.35. The molecular formula is C24H25N5O3. The second-order valence-corrected chi connectivity index (χ2v) is 7.35. The predicted octanol–water partition coefficient (Wildman–Crippen LogP) is 4.05. The Morgan fingerprint density at radius 2 is 2.03 bits per heavy atom. The van der Waals surface area contributed by atoms with Crippen molar-refractivity contribution in [2.24, 2.45) is 0 Å². The SMILES string of the molecule is COc1cccc(CN(CCCO)C(=O)Nc2ccc(-c3ccnc4[nH]ncc34)cc2)c1. The molecule has 164 valence electrons. The molecule has 3 N–H and O–H groups in total. The molecule has 0 radical (unpaired) electrons. The quantitative estimate of drug-likeness (QED) is 0.391. The van der Waals surface area contributed by atoms with E-state index in [-0.39, 0.29) is 12.6 Å². The summed E-state index contributed by atoms with van der Waals surface area (Å²) in [6.07, 6.45) is 3.99. The number of fused-ring (bicyclic) bond motifs is 1. The predicted molar refractivity (Wildman–Crippen MR) is 123 cm³/mol. The highest BCUT2D eigenvalue weighted by atomic mass is 16.5. The summed E-state index contributed by atoms with van der Waals surface area (Å²) < 4.78 is 5.27. The van der Waals surface area contributed by atoms with E-state index >= 15 is 0 Å². The number of benzene rings is 2. The Labute approximate surface area is 185 Å². The number of urea groups is 1. The van der Waals surface area contributed by atoms with E-state index in [0.29, 0.717) is 25.2 Å². The normalized spacial score (nSPS) is 10.8. The first-order valence-electron chi connectivity index (χ1n) is 10.4. The van der Waals surface area contributed by atoms with Gasteiger partial charge in [0.2, 0.25) is 0 Å². The minimum atomic E-state index is -0.227. The van der Waals surface area contributed by atoms with Crippen LogP contribution >= 0.6 is 0 Å². The number of pyridine rings is 1. The van der Waals surface area contributed by atoms with Gasteiger partial charge in [0.25, 0.3) is 0 Å². The number of anilines is 1. The largest absolute Gasteiger partial charge is 0.497 e. The molecule has 2 aromatic carbocycles. The molecule has 0 unspecified atom stereocenters. The van der Waals surface area contributed by atoms with Crippen molar-refractivity contribution in [1.29, 1.82) is 0 Å². The Bertz CT molecular complexity index is 1190. The number of hydrogen-bond donors (Lipinski definition) is 3. The fourth-order valence-corrected chi connectivity index (χ4v) is 3.54. The Balaban J connectivity index is 1.48. The summed E-state index contributed by atoms with van der Waals surface area (Å²) in [6.45, 7) is 0.870. The summed E-state index contributed by atoms with van der Waals surface area (Å²) in [5.74, 6) is 0.739. The number of H-pyrrole nitrogens is 1. The van der Waals surface area contributed by atoms with E-state index in [4.69, 9.17) is 4.74 Å². The van der Waals surface area contributed by atoms with Crippen LogP contribution in [0.5, 0.6) is 5.75 Å². The van der Waals surface area contributed by atoms with E-state index in [1.165, 1.54) is 0 Å². The van der Waals surface area contributed by atoms with Gasteiger partial charge in [-0.3, -0.25) is 5.10 Å². The number of ether oxygens (including phenoxy) is 1. The van der Waals surface area contributed by atoms with Crippen molar-refractivity contribution in [3.05, 3.63) is 72.6 Å². The van der Waals surface area contributed by atoms with Crippen molar-refractivity contribution in [2.45, 2.75) is 13.0 Å². The molecule has 0 fully saturated rings.